The van der Waals surface area contributed by atoms with E-state index in [2.05, 4.69) is 10.1 Å². The molecule has 7 heteroatoms. The fraction of sp³-hybridized carbons (Fsp3) is 0.227. The first-order chi connectivity index (χ1) is 14.0. The smallest absolute Gasteiger partial charge is 0.242 e. The molecule has 0 radical (unpaired) electrons. The van der Waals surface area contributed by atoms with E-state index in [1.165, 1.54) is 5.01 Å². The van der Waals surface area contributed by atoms with Crippen LogP contribution in [0.5, 0.6) is 5.75 Å². The molecule has 1 amide bonds. The monoisotopic (exact) mass is 427 g/mol. The molecule has 2 aromatic carbocycles. The van der Waals surface area contributed by atoms with Crippen molar-refractivity contribution in [1.82, 2.24) is 9.99 Å². The Morgan fingerprint density at radius 3 is 2.76 bits per heavy atom. The highest BCUT2D eigenvalue weighted by molar-refractivity contribution is 6.31. The Balaban J connectivity index is 1.76. The number of amides is 1. The van der Waals surface area contributed by atoms with Gasteiger partial charge in [0, 0.05) is 34.9 Å². The first-order valence-corrected chi connectivity index (χ1v) is 10.1. The number of hydrogen-bond donors (Lipinski definition) is 0. The maximum absolute atomic E-state index is 12.6. The molecule has 0 fully saturated rings. The number of rotatable bonds is 4. The maximum Gasteiger partial charge on any atom is 0.242 e. The Bertz CT molecular complexity index is 1130. The van der Waals surface area contributed by atoms with Crippen molar-refractivity contribution in [3.63, 3.8) is 0 Å². The highest BCUT2D eigenvalue weighted by atomic mass is 35.5. The molecule has 1 aliphatic rings. The van der Waals surface area contributed by atoms with Crippen molar-refractivity contribution < 1.29 is 9.53 Å². The van der Waals surface area contributed by atoms with Crippen LogP contribution in [0.4, 0.5) is 0 Å². The largest absolute Gasteiger partial charge is 0.497 e. The predicted molar refractivity (Wildman–Crippen MR) is 116 cm³/mol. The molecule has 0 N–H and O–H groups in total. The summed E-state index contributed by atoms with van der Waals surface area (Å²) in [5.74, 6) is 0.641. The summed E-state index contributed by atoms with van der Waals surface area (Å²) in [6.07, 6.45) is 0.883. The van der Waals surface area contributed by atoms with Crippen LogP contribution < -0.4 is 4.74 Å². The highest BCUT2D eigenvalue weighted by Gasteiger charge is 2.34. The number of hydrogen-bond acceptors (Lipinski definition) is 4. The lowest BCUT2D eigenvalue weighted by molar-refractivity contribution is -0.132. The zero-order valence-corrected chi connectivity index (χ0v) is 17.5. The van der Waals surface area contributed by atoms with Gasteiger partial charge in [-0.25, -0.2) is 9.99 Å². The summed E-state index contributed by atoms with van der Waals surface area (Å²) in [6.45, 7) is 1.82. The molecule has 1 atom stereocenters. The molecule has 0 saturated carbocycles. The molecular formula is C22H19Cl2N3O2. The average molecular weight is 428 g/mol. The topological polar surface area (TPSA) is 54.8 Å². The Labute approximate surface area is 178 Å². The average Bonchev–Trinajstić information content (AvgIpc) is 3.17. The fourth-order valence-corrected chi connectivity index (χ4v) is 3.95. The van der Waals surface area contributed by atoms with Crippen LogP contribution in [-0.4, -0.2) is 28.7 Å². The molecule has 0 spiro atoms. The van der Waals surface area contributed by atoms with Gasteiger partial charge in [0.05, 0.1) is 24.4 Å². The SMILES string of the molecule is CCC(=O)N1N=C(c2cccc(Cl)c2)C[C@H]1c1cc2ccc(OC)cc2nc1Cl. The van der Waals surface area contributed by atoms with Crippen LogP contribution in [-0.2, 0) is 4.79 Å². The number of aromatic nitrogens is 1. The molecule has 5 nitrogen and oxygen atoms in total. The minimum atomic E-state index is -0.317. The summed E-state index contributed by atoms with van der Waals surface area (Å²) in [4.78, 5) is 17.1. The second-order valence-corrected chi connectivity index (χ2v) is 7.59. The van der Waals surface area contributed by atoms with Crippen LogP contribution in [0, 0.1) is 0 Å². The summed E-state index contributed by atoms with van der Waals surface area (Å²) in [7, 11) is 1.61. The van der Waals surface area contributed by atoms with E-state index in [0.717, 1.165) is 27.7 Å². The minimum absolute atomic E-state index is 0.0714. The summed E-state index contributed by atoms with van der Waals surface area (Å²) < 4.78 is 5.26. The van der Waals surface area contributed by atoms with Crippen LogP contribution in [0.15, 0.2) is 53.6 Å². The van der Waals surface area contributed by atoms with Gasteiger partial charge in [-0.2, -0.15) is 5.10 Å². The third kappa shape index (κ3) is 3.80. The molecule has 1 aromatic heterocycles. The van der Waals surface area contributed by atoms with E-state index < -0.39 is 0 Å². The summed E-state index contributed by atoms with van der Waals surface area (Å²) in [6, 6.07) is 14.8. The summed E-state index contributed by atoms with van der Waals surface area (Å²) in [5, 5.41) is 8.04. The van der Waals surface area contributed by atoms with E-state index >= 15 is 0 Å². The number of carbonyl (C=O) groups is 1. The van der Waals surface area contributed by atoms with E-state index in [1.54, 1.807) is 7.11 Å². The van der Waals surface area contributed by atoms with E-state index in [9.17, 15) is 4.79 Å². The Kier molecular flexibility index (Phi) is 5.43. The Morgan fingerprint density at radius 1 is 1.21 bits per heavy atom. The van der Waals surface area contributed by atoms with Crippen molar-refractivity contribution in [2.45, 2.75) is 25.8 Å². The molecule has 29 heavy (non-hydrogen) atoms. The van der Waals surface area contributed by atoms with E-state index in [1.807, 2.05) is 55.5 Å². The van der Waals surface area contributed by atoms with Gasteiger partial charge in [0.15, 0.2) is 0 Å². The van der Waals surface area contributed by atoms with Gasteiger partial charge in [-0.1, -0.05) is 42.3 Å². The van der Waals surface area contributed by atoms with Gasteiger partial charge in [-0.15, -0.1) is 0 Å². The molecule has 0 bridgehead atoms. The minimum Gasteiger partial charge on any atom is -0.497 e. The number of nitrogens with zero attached hydrogens (tertiary/aromatic N) is 3. The number of methoxy groups -OCH3 is 1. The molecule has 0 saturated heterocycles. The standard InChI is InChI=1S/C22H19Cl2N3O2/c1-3-21(28)27-20(12-19(26-27)13-5-4-6-15(23)9-13)17-10-14-7-8-16(29-2)11-18(14)25-22(17)24/h4-11,20H,3,12H2,1-2H3/t20-/m0/s1. The zero-order valence-electron chi connectivity index (χ0n) is 16.0. The first-order valence-electron chi connectivity index (χ1n) is 9.29. The van der Waals surface area contributed by atoms with Gasteiger partial charge in [-0.3, -0.25) is 4.79 Å². The predicted octanol–water partition coefficient (Wildman–Crippen LogP) is 5.64. The quantitative estimate of drug-likeness (QED) is 0.506. The van der Waals surface area contributed by atoms with Gasteiger partial charge in [0.2, 0.25) is 5.91 Å². The van der Waals surface area contributed by atoms with E-state index in [-0.39, 0.29) is 11.9 Å². The number of pyridine rings is 1. The van der Waals surface area contributed by atoms with Crippen LogP contribution in [0.3, 0.4) is 0 Å². The van der Waals surface area contributed by atoms with Crippen molar-refractivity contribution in [3.05, 3.63) is 69.8 Å². The van der Waals surface area contributed by atoms with Crippen LogP contribution >= 0.6 is 23.2 Å². The zero-order chi connectivity index (χ0) is 20.5. The fourth-order valence-electron chi connectivity index (χ4n) is 3.49. The second-order valence-electron chi connectivity index (χ2n) is 6.80. The summed E-state index contributed by atoms with van der Waals surface area (Å²) in [5.41, 5.74) is 3.20. The lowest BCUT2D eigenvalue weighted by Gasteiger charge is -2.22. The Morgan fingerprint density at radius 2 is 2.03 bits per heavy atom. The number of fused-ring (bicyclic) bond motifs is 1. The molecule has 0 unspecified atom stereocenters. The third-order valence-electron chi connectivity index (χ3n) is 4.99. The number of carbonyl (C=O) groups excluding carboxylic acids is 1. The molecule has 2 heterocycles. The van der Waals surface area contributed by atoms with Gasteiger partial charge in [0.25, 0.3) is 0 Å². The maximum atomic E-state index is 12.6. The molecule has 4 rings (SSSR count). The highest BCUT2D eigenvalue weighted by Crippen LogP contribution is 2.38. The van der Waals surface area contributed by atoms with Crippen molar-refractivity contribution >= 4 is 45.7 Å². The second kappa shape index (κ2) is 8.01. The first kappa shape index (κ1) is 19.7. The molecule has 1 aliphatic heterocycles. The van der Waals surface area contributed by atoms with Crippen molar-refractivity contribution in [2.24, 2.45) is 5.10 Å². The van der Waals surface area contributed by atoms with Gasteiger partial charge >= 0.3 is 0 Å². The van der Waals surface area contributed by atoms with Crippen LogP contribution in [0.25, 0.3) is 10.9 Å². The number of halogens is 2. The van der Waals surface area contributed by atoms with Gasteiger partial charge in [0.1, 0.15) is 10.9 Å². The third-order valence-corrected chi connectivity index (χ3v) is 5.53. The molecular weight excluding hydrogens is 409 g/mol. The number of benzene rings is 2. The Hall–Kier alpha value is -2.63. The van der Waals surface area contributed by atoms with Crippen molar-refractivity contribution in [1.29, 1.82) is 0 Å². The lowest BCUT2D eigenvalue weighted by atomic mass is 9.98. The van der Waals surface area contributed by atoms with Gasteiger partial charge < -0.3 is 4.74 Å². The number of ether oxygens (including phenoxy) is 1. The molecule has 3 aromatic rings. The van der Waals surface area contributed by atoms with Crippen molar-refractivity contribution in [2.75, 3.05) is 7.11 Å². The molecule has 0 aliphatic carbocycles. The molecule has 148 valence electrons. The van der Waals surface area contributed by atoms with Crippen LogP contribution in [0.2, 0.25) is 10.2 Å². The van der Waals surface area contributed by atoms with E-state index in [4.69, 9.17) is 27.9 Å². The van der Waals surface area contributed by atoms with E-state index in [0.29, 0.717) is 28.8 Å². The van der Waals surface area contributed by atoms with Crippen LogP contribution in [0.1, 0.15) is 36.9 Å². The number of hydrazone groups is 1. The lowest BCUT2D eigenvalue weighted by Crippen LogP contribution is -2.26. The normalized spacial score (nSPS) is 16.2. The van der Waals surface area contributed by atoms with Gasteiger partial charge in [-0.05, 0) is 35.9 Å². The van der Waals surface area contributed by atoms with Crippen molar-refractivity contribution in [3.8, 4) is 5.75 Å². The summed E-state index contributed by atoms with van der Waals surface area (Å²) >= 11 is 12.7.